The zero-order chi connectivity index (χ0) is 21.5. The number of hydrogen-bond donors (Lipinski definition) is 2. The first-order valence-electron chi connectivity index (χ1n) is 11.4. The Morgan fingerprint density at radius 3 is 2.27 bits per heavy atom. The van der Waals surface area contributed by atoms with Crippen LogP contribution in [0.2, 0.25) is 10.0 Å². The monoisotopic (exact) mass is 454 g/mol. The van der Waals surface area contributed by atoms with E-state index in [1.54, 1.807) is 18.2 Å². The van der Waals surface area contributed by atoms with Gasteiger partial charge in [-0.1, -0.05) is 56.3 Å². The van der Waals surface area contributed by atoms with E-state index in [-0.39, 0.29) is 6.03 Å². The number of amides is 2. The molecule has 2 amide bonds. The highest BCUT2D eigenvalue weighted by Crippen LogP contribution is 2.25. The first kappa shape index (κ1) is 23.6. The molecule has 1 aliphatic carbocycles. The van der Waals surface area contributed by atoms with Crippen LogP contribution in [0.25, 0.3) is 0 Å². The summed E-state index contributed by atoms with van der Waals surface area (Å²) in [5.41, 5.74) is 0.603. The van der Waals surface area contributed by atoms with Crippen molar-refractivity contribution in [2.45, 2.75) is 64.5 Å². The minimum atomic E-state index is -0.220. The second-order valence-corrected chi connectivity index (χ2v) is 10.0. The Hall–Kier alpha value is -1.01. The van der Waals surface area contributed by atoms with Crippen LogP contribution in [-0.4, -0.2) is 60.6 Å². The topological polar surface area (TPSA) is 47.6 Å². The summed E-state index contributed by atoms with van der Waals surface area (Å²) in [5.74, 6) is 0.586. The molecule has 1 saturated carbocycles. The van der Waals surface area contributed by atoms with Crippen LogP contribution in [0.4, 0.5) is 10.5 Å². The first-order valence-corrected chi connectivity index (χ1v) is 12.2. The lowest BCUT2D eigenvalue weighted by molar-refractivity contribution is 0.0515. The fourth-order valence-corrected chi connectivity index (χ4v) is 5.36. The van der Waals surface area contributed by atoms with Gasteiger partial charge in [0.1, 0.15) is 0 Å². The number of carbonyl (C=O) groups is 1. The van der Waals surface area contributed by atoms with Gasteiger partial charge in [-0.2, -0.15) is 0 Å². The van der Waals surface area contributed by atoms with E-state index in [2.05, 4.69) is 34.3 Å². The summed E-state index contributed by atoms with van der Waals surface area (Å²) in [5, 5.41) is 6.91. The Balaban J connectivity index is 1.49. The number of benzene rings is 1. The van der Waals surface area contributed by atoms with Gasteiger partial charge < -0.3 is 10.6 Å². The Morgan fingerprint density at radius 1 is 1.03 bits per heavy atom. The Labute approximate surface area is 191 Å². The average molecular weight is 455 g/mol. The first-order chi connectivity index (χ1) is 14.4. The number of halogens is 2. The zero-order valence-electron chi connectivity index (χ0n) is 18.3. The molecule has 7 heteroatoms. The average Bonchev–Trinajstić information content (AvgIpc) is 2.71. The lowest BCUT2D eigenvalue weighted by atomic mass is 9.93. The molecule has 1 unspecified atom stereocenters. The van der Waals surface area contributed by atoms with Crippen molar-refractivity contribution in [3.05, 3.63) is 28.2 Å². The van der Waals surface area contributed by atoms with Gasteiger partial charge in [0.15, 0.2) is 0 Å². The van der Waals surface area contributed by atoms with Crippen LogP contribution >= 0.6 is 23.2 Å². The van der Waals surface area contributed by atoms with E-state index in [0.29, 0.717) is 34.2 Å². The minimum Gasteiger partial charge on any atom is -0.336 e. The van der Waals surface area contributed by atoms with Gasteiger partial charge in [-0.05, 0) is 43.4 Å². The third-order valence-electron chi connectivity index (χ3n) is 6.32. The van der Waals surface area contributed by atoms with Crippen molar-refractivity contribution in [2.75, 3.05) is 38.0 Å². The molecule has 5 nitrogen and oxygen atoms in total. The highest BCUT2D eigenvalue weighted by atomic mass is 35.5. The predicted octanol–water partition coefficient (Wildman–Crippen LogP) is 5.48. The zero-order valence-corrected chi connectivity index (χ0v) is 19.8. The standard InChI is InChI=1S/C23H36Cl2N4O/c1-17(2)12-22(16-26-23(30)27-20-14-18(24)13-19(25)15-20)29-10-8-28(9-11-29)21-6-4-3-5-7-21/h13-15,17,21-22H,3-12,16H2,1-2H3,(H2,26,27,30). The molecular weight excluding hydrogens is 419 g/mol. The minimum absolute atomic E-state index is 0.220. The second-order valence-electron chi connectivity index (χ2n) is 9.14. The number of nitrogens with one attached hydrogen (secondary N) is 2. The summed E-state index contributed by atoms with van der Waals surface area (Å²) in [4.78, 5) is 17.7. The molecule has 30 heavy (non-hydrogen) atoms. The lowest BCUT2D eigenvalue weighted by Crippen LogP contribution is -2.56. The molecule has 2 aliphatic rings. The molecule has 2 N–H and O–H groups in total. The van der Waals surface area contributed by atoms with E-state index in [4.69, 9.17) is 23.2 Å². The van der Waals surface area contributed by atoms with E-state index in [9.17, 15) is 4.79 Å². The highest BCUT2D eigenvalue weighted by Gasteiger charge is 2.28. The van der Waals surface area contributed by atoms with Gasteiger partial charge in [-0.15, -0.1) is 0 Å². The molecule has 1 heterocycles. The van der Waals surface area contributed by atoms with Crippen LogP contribution in [0.15, 0.2) is 18.2 Å². The molecule has 0 aromatic heterocycles. The van der Waals surface area contributed by atoms with Crippen molar-refractivity contribution in [1.29, 1.82) is 0 Å². The number of anilines is 1. The third kappa shape index (κ3) is 7.30. The van der Waals surface area contributed by atoms with E-state index < -0.39 is 0 Å². The van der Waals surface area contributed by atoms with Gasteiger partial charge in [0.2, 0.25) is 0 Å². The van der Waals surface area contributed by atoms with Gasteiger partial charge in [0.05, 0.1) is 0 Å². The molecule has 1 atom stereocenters. The van der Waals surface area contributed by atoms with Crippen molar-refractivity contribution in [3.8, 4) is 0 Å². The van der Waals surface area contributed by atoms with Crippen LogP contribution in [-0.2, 0) is 0 Å². The lowest BCUT2D eigenvalue weighted by Gasteiger charge is -2.43. The summed E-state index contributed by atoms with van der Waals surface area (Å²) in [6, 6.07) is 5.97. The maximum atomic E-state index is 12.4. The number of urea groups is 1. The van der Waals surface area contributed by atoms with Crippen molar-refractivity contribution in [1.82, 2.24) is 15.1 Å². The molecule has 1 aromatic rings. The summed E-state index contributed by atoms with van der Waals surface area (Å²) in [6.07, 6.45) is 7.99. The number of carbonyl (C=O) groups excluding carboxylic acids is 1. The van der Waals surface area contributed by atoms with E-state index >= 15 is 0 Å². The van der Waals surface area contributed by atoms with E-state index in [0.717, 1.165) is 38.6 Å². The van der Waals surface area contributed by atoms with Crippen LogP contribution in [0.1, 0.15) is 52.4 Å². The maximum absolute atomic E-state index is 12.4. The van der Waals surface area contributed by atoms with Gasteiger partial charge in [0.25, 0.3) is 0 Å². The Bertz CT molecular complexity index is 666. The summed E-state index contributed by atoms with van der Waals surface area (Å²) in [6.45, 7) is 9.60. The van der Waals surface area contributed by atoms with E-state index in [1.807, 2.05) is 0 Å². The van der Waals surface area contributed by atoms with Crippen LogP contribution < -0.4 is 10.6 Å². The number of piperazine rings is 1. The van der Waals surface area contributed by atoms with Crippen molar-refractivity contribution in [3.63, 3.8) is 0 Å². The fourth-order valence-electron chi connectivity index (χ4n) is 4.83. The summed E-state index contributed by atoms with van der Waals surface area (Å²) in [7, 11) is 0. The van der Waals surface area contributed by atoms with Gasteiger partial charge >= 0.3 is 6.03 Å². The smallest absolute Gasteiger partial charge is 0.319 e. The number of hydrogen-bond acceptors (Lipinski definition) is 3. The third-order valence-corrected chi connectivity index (χ3v) is 6.75. The number of nitrogens with zero attached hydrogens (tertiary/aromatic N) is 2. The largest absolute Gasteiger partial charge is 0.336 e. The second kappa shape index (κ2) is 11.6. The molecule has 0 spiro atoms. The van der Waals surface area contributed by atoms with Gasteiger partial charge in [-0.3, -0.25) is 9.80 Å². The molecule has 2 fully saturated rings. The molecular formula is C23H36Cl2N4O. The predicted molar refractivity (Wildman–Crippen MR) is 127 cm³/mol. The van der Waals surface area contributed by atoms with E-state index in [1.165, 1.54) is 32.1 Å². The summed E-state index contributed by atoms with van der Waals surface area (Å²) >= 11 is 12.0. The fraction of sp³-hybridized carbons (Fsp3) is 0.696. The number of rotatable bonds is 7. The van der Waals surface area contributed by atoms with Crippen molar-refractivity contribution in [2.24, 2.45) is 5.92 Å². The molecule has 1 aromatic carbocycles. The van der Waals surface area contributed by atoms with Crippen LogP contribution in [0, 0.1) is 5.92 Å². The molecule has 0 radical (unpaired) electrons. The van der Waals surface area contributed by atoms with Gasteiger partial charge in [0, 0.05) is 60.5 Å². The van der Waals surface area contributed by atoms with Gasteiger partial charge in [-0.25, -0.2) is 4.79 Å². The quantitative estimate of drug-likeness (QED) is 0.573. The Morgan fingerprint density at radius 2 is 1.67 bits per heavy atom. The Kier molecular flexibility index (Phi) is 9.12. The molecule has 168 valence electrons. The van der Waals surface area contributed by atoms with Crippen molar-refractivity contribution < 1.29 is 4.79 Å². The van der Waals surface area contributed by atoms with Crippen LogP contribution in [0.3, 0.4) is 0 Å². The normalized spacial score (nSPS) is 20.3. The maximum Gasteiger partial charge on any atom is 0.319 e. The summed E-state index contributed by atoms with van der Waals surface area (Å²) < 4.78 is 0. The van der Waals surface area contributed by atoms with Crippen molar-refractivity contribution >= 4 is 34.9 Å². The SMILES string of the molecule is CC(C)CC(CNC(=O)Nc1cc(Cl)cc(Cl)c1)N1CCN(C2CCCCC2)CC1. The molecule has 0 bridgehead atoms. The molecule has 3 rings (SSSR count). The highest BCUT2D eigenvalue weighted by molar-refractivity contribution is 6.35. The molecule has 1 saturated heterocycles. The molecule has 1 aliphatic heterocycles. The van der Waals surface area contributed by atoms with Crippen LogP contribution in [0.5, 0.6) is 0 Å².